The molecule has 0 amide bonds. The zero-order valence-corrected chi connectivity index (χ0v) is 10.3. The number of methoxy groups -OCH3 is 1. The number of nitrogens with one attached hydrogen (secondary N) is 1. The third-order valence-electron chi connectivity index (χ3n) is 2.79. The fourth-order valence-electron chi connectivity index (χ4n) is 1.62. The predicted molar refractivity (Wildman–Crippen MR) is 65.7 cm³/mol. The Bertz CT molecular complexity index is 327. The van der Waals surface area contributed by atoms with E-state index in [2.05, 4.69) is 12.2 Å². The minimum atomic E-state index is -0.398. The number of hydrogen-bond donors (Lipinski definition) is 2. The molecule has 0 saturated heterocycles. The van der Waals surface area contributed by atoms with Crippen molar-refractivity contribution in [3.63, 3.8) is 0 Å². The molecule has 16 heavy (non-hydrogen) atoms. The van der Waals surface area contributed by atoms with Gasteiger partial charge in [0, 0.05) is 0 Å². The molecule has 0 fully saturated rings. The lowest BCUT2D eigenvalue weighted by Gasteiger charge is -2.29. The molecule has 2 N–H and O–H groups in total. The maximum absolute atomic E-state index is 9.53. The second-order valence-electron chi connectivity index (χ2n) is 4.15. The Morgan fingerprint density at radius 1 is 1.44 bits per heavy atom. The third kappa shape index (κ3) is 2.97. The van der Waals surface area contributed by atoms with Crippen molar-refractivity contribution in [2.75, 3.05) is 20.3 Å². The normalized spacial score (nSPS) is 14.5. The van der Waals surface area contributed by atoms with Crippen LogP contribution >= 0.6 is 0 Å². The molecule has 0 aromatic heterocycles. The van der Waals surface area contributed by atoms with Gasteiger partial charge in [0.1, 0.15) is 5.75 Å². The average molecular weight is 223 g/mol. The zero-order valence-electron chi connectivity index (χ0n) is 10.3. The number of aliphatic hydroxyl groups excluding tert-OH is 1. The largest absolute Gasteiger partial charge is 0.497 e. The van der Waals surface area contributed by atoms with E-state index in [-0.39, 0.29) is 6.61 Å². The minimum absolute atomic E-state index is 0.0696. The van der Waals surface area contributed by atoms with Gasteiger partial charge in [-0.25, -0.2) is 0 Å². The zero-order chi connectivity index (χ0) is 12.0. The van der Waals surface area contributed by atoms with E-state index < -0.39 is 5.54 Å². The van der Waals surface area contributed by atoms with Gasteiger partial charge in [-0.3, -0.25) is 0 Å². The predicted octanol–water partition coefficient (Wildman–Crippen LogP) is 1.90. The van der Waals surface area contributed by atoms with E-state index >= 15 is 0 Å². The van der Waals surface area contributed by atoms with Crippen LogP contribution in [0.25, 0.3) is 0 Å². The van der Waals surface area contributed by atoms with Gasteiger partial charge >= 0.3 is 0 Å². The smallest absolute Gasteiger partial charge is 0.119 e. The van der Waals surface area contributed by atoms with Crippen LogP contribution < -0.4 is 10.1 Å². The summed E-state index contributed by atoms with van der Waals surface area (Å²) in [5, 5.41) is 12.9. The topological polar surface area (TPSA) is 41.5 Å². The number of rotatable bonds is 6. The number of ether oxygens (including phenoxy) is 1. The van der Waals surface area contributed by atoms with Crippen molar-refractivity contribution in [1.82, 2.24) is 5.32 Å². The molecule has 1 aromatic rings. The number of benzene rings is 1. The SMILES string of the molecule is CCCNC(C)(CO)c1cccc(OC)c1. The highest BCUT2D eigenvalue weighted by atomic mass is 16.5. The molecule has 0 heterocycles. The quantitative estimate of drug-likeness (QED) is 0.774. The van der Waals surface area contributed by atoms with Crippen LogP contribution in [0.1, 0.15) is 25.8 Å². The van der Waals surface area contributed by atoms with Gasteiger partial charge in [-0.1, -0.05) is 19.1 Å². The summed E-state index contributed by atoms with van der Waals surface area (Å²) in [6.45, 7) is 5.06. The second kappa shape index (κ2) is 5.87. The van der Waals surface area contributed by atoms with Crippen LogP contribution in [0.5, 0.6) is 5.75 Å². The van der Waals surface area contributed by atoms with Crippen LogP contribution in [0.2, 0.25) is 0 Å². The first kappa shape index (κ1) is 13.0. The van der Waals surface area contributed by atoms with Gasteiger partial charge in [-0.05, 0) is 37.6 Å². The Hall–Kier alpha value is -1.06. The molecule has 0 spiro atoms. The first-order valence-corrected chi connectivity index (χ1v) is 5.66. The highest BCUT2D eigenvalue weighted by Gasteiger charge is 2.24. The Balaban J connectivity index is 2.92. The van der Waals surface area contributed by atoms with E-state index in [0.717, 1.165) is 24.3 Å². The first-order chi connectivity index (χ1) is 7.66. The molecular weight excluding hydrogens is 202 g/mol. The van der Waals surface area contributed by atoms with Crippen LogP contribution in [-0.4, -0.2) is 25.4 Å². The van der Waals surface area contributed by atoms with Gasteiger partial charge < -0.3 is 15.2 Å². The molecular formula is C13H21NO2. The molecule has 1 rings (SSSR count). The Labute approximate surface area is 97.4 Å². The molecule has 0 radical (unpaired) electrons. The van der Waals surface area contributed by atoms with Crippen LogP contribution in [0.4, 0.5) is 0 Å². The Morgan fingerprint density at radius 2 is 2.19 bits per heavy atom. The molecule has 90 valence electrons. The van der Waals surface area contributed by atoms with Crippen LogP contribution in [0.3, 0.4) is 0 Å². The maximum Gasteiger partial charge on any atom is 0.119 e. The Morgan fingerprint density at radius 3 is 2.75 bits per heavy atom. The van der Waals surface area contributed by atoms with E-state index in [0.29, 0.717) is 0 Å². The highest BCUT2D eigenvalue weighted by molar-refractivity contribution is 5.33. The average Bonchev–Trinajstić information content (AvgIpc) is 2.36. The van der Waals surface area contributed by atoms with Gasteiger partial charge in [-0.2, -0.15) is 0 Å². The van der Waals surface area contributed by atoms with Crippen LogP contribution in [0.15, 0.2) is 24.3 Å². The van der Waals surface area contributed by atoms with Crippen molar-refractivity contribution >= 4 is 0 Å². The minimum Gasteiger partial charge on any atom is -0.497 e. The summed E-state index contributed by atoms with van der Waals surface area (Å²) in [7, 11) is 1.65. The number of hydrogen-bond acceptors (Lipinski definition) is 3. The van der Waals surface area contributed by atoms with E-state index in [1.165, 1.54) is 0 Å². The fourth-order valence-corrected chi connectivity index (χ4v) is 1.62. The maximum atomic E-state index is 9.53. The lowest BCUT2D eigenvalue weighted by molar-refractivity contribution is 0.175. The molecule has 0 saturated carbocycles. The van der Waals surface area contributed by atoms with Crippen molar-refractivity contribution in [2.45, 2.75) is 25.8 Å². The van der Waals surface area contributed by atoms with Crippen LogP contribution in [-0.2, 0) is 5.54 Å². The second-order valence-corrected chi connectivity index (χ2v) is 4.15. The summed E-state index contributed by atoms with van der Waals surface area (Å²) >= 11 is 0. The molecule has 1 unspecified atom stereocenters. The summed E-state index contributed by atoms with van der Waals surface area (Å²) in [6, 6.07) is 7.80. The summed E-state index contributed by atoms with van der Waals surface area (Å²) in [5.74, 6) is 0.815. The molecule has 0 aliphatic rings. The lowest BCUT2D eigenvalue weighted by Crippen LogP contribution is -2.43. The van der Waals surface area contributed by atoms with E-state index in [4.69, 9.17) is 4.74 Å². The molecule has 1 atom stereocenters. The fraction of sp³-hybridized carbons (Fsp3) is 0.538. The molecule has 0 aliphatic heterocycles. The van der Waals surface area contributed by atoms with Gasteiger partial charge in [0.2, 0.25) is 0 Å². The van der Waals surface area contributed by atoms with E-state index in [1.54, 1.807) is 7.11 Å². The molecule has 3 heteroatoms. The summed E-state index contributed by atoms with van der Waals surface area (Å²) < 4.78 is 5.19. The van der Waals surface area contributed by atoms with Crippen molar-refractivity contribution in [2.24, 2.45) is 0 Å². The van der Waals surface area contributed by atoms with Gasteiger partial charge in [0.25, 0.3) is 0 Å². The van der Waals surface area contributed by atoms with Crippen LogP contribution in [0, 0.1) is 0 Å². The van der Waals surface area contributed by atoms with Crippen molar-refractivity contribution in [1.29, 1.82) is 0 Å². The standard InChI is InChI=1S/C13H21NO2/c1-4-8-14-13(2,10-15)11-6-5-7-12(9-11)16-3/h5-7,9,14-15H,4,8,10H2,1-3H3. The van der Waals surface area contributed by atoms with Crippen molar-refractivity contribution in [3.05, 3.63) is 29.8 Å². The number of aliphatic hydroxyl groups is 1. The van der Waals surface area contributed by atoms with Gasteiger partial charge in [-0.15, -0.1) is 0 Å². The summed E-state index contributed by atoms with van der Waals surface area (Å²) in [6.07, 6.45) is 1.04. The molecule has 1 aromatic carbocycles. The van der Waals surface area contributed by atoms with Gasteiger partial charge in [0.15, 0.2) is 0 Å². The monoisotopic (exact) mass is 223 g/mol. The van der Waals surface area contributed by atoms with E-state index in [9.17, 15) is 5.11 Å². The van der Waals surface area contributed by atoms with E-state index in [1.807, 2.05) is 31.2 Å². The molecule has 0 bridgehead atoms. The highest BCUT2D eigenvalue weighted by Crippen LogP contribution is 2.24. The first-order valence-electron chi connectivity index (χ1n) is 5.66. The summed E-state index contributed by atoms with van der Waals surface area (Å²) in [4.78, 5) is 0. The lowest BCUT2D eigenvalue weighted by atomic mass is 9.92. The third-order valence-corrected chi connectivity index (χ3v) is 2.79. The molecule has 3 nitrogen and oxygen atoms in total. The van der Waals surface area contributed by atoms with Gasteiger partial charge in [0.05, 0.1) is 19.3 Å². The Kier molecular flexibility index (Phi) is 4.77. The van der Waals surface area contributed by atoms with Crippen molar-refractivity contribution in [3.8, 4) is 5.75 Å². The molecule has 0 aliphatic carbocycles. The summed E-state index contributed by atoms with van der Waals surface area (Å²) in [5.41, 5.74) is 0.646. The van der Waals surface area contributed by atoms with Crippen molar-refractivity contribution < 1.29 is 9.84 Å².